The molecule has 6 heteroatoms. The predicted octanol–water partition coefficient (Wildman–Crippen LogP) is 1.40. The van der Waals surface area contributed by atoms with Crippen molar-refractivity contribution >= 4 is 11.6 Å². The van der Waals surface area contributed by atoms with Crippen molar-refractivity contribution in [3.05, 3.63) is 30.3 Å². The molecule has 0 bridgehead atoms. The van der Waals surface area contributed by atoms with Crippen LogP contribution in [0.5, 0.6) is 0 Å². The lowest BCUT2D eigenvalue weighted by molar-refractivity contribution is -0.00833. The van der Waals surface area contributed by atoms with Gasteiger partial charge in [-0.05, 0) is 26.0 Å². The number of hydrogen-bond donors (Lipinski definition) is 2. The molecule has 1 aromatic rings. The first kappa shape index (κ1) is 19.5. The zero-order valence-corrected chi connectivity index (χ0v) is 16.1. The van der Waals surface area contributed by atoms with E-state index in [-0.39, 0.29) is 5.54 Å². The molecule has 0 radical (unpaired) electrons. The minimum absolute atomic E-state index is 0.0717. The Bertz CT molecular complexity index is 526. The molecule has 1 aromatic carbocycles. The topological polar surface area (TPSA) is 52.1 Å². The molecular weight excluding hydrogens is 314 g/mol. The van der Waals surface area contributed by atoms with Crippen LogP contribution in [0.4, 0.5) is 5.69 Å². The van der Waals surface area contributed by atoms with Gasteiger partial charge in [0.1, 0.15) is 0 Å². The SMILES string of the molecule is CN=C(NCCN(C)c1ccccc1)NCC(C)(C)N1CCOCC1. The highest BCUT2D eigenvalue weighted by molar-refractivity contribution is 5.79. The molecule has 1 saturated heterocycles. The van der Waals surface area contributed by atoms with Crippen molar-refractivity contribution in [1.82, 2.24) is 15.5 Å². The van der Waals surface area contributed by atoms with E-state index in [1.807, 2.05) is 13.1 Å². The number of morpholine rings is 1. The lowest BCUT2D eigenvalue weighted by atomic mass is 10.0. The largest absolute Gasteiger partial charge is 0.379 e. The van der Waals surface area contributed by atoms with Gasteiger partial charge in [0.2, 0.25) is 0 Å². The molecule has 1 heterocycles. The Balaban J connectivity index is 1.73. The van der Waals surface area contributed by atoms with Gasteiger partial charge in [-0.3, -0.25) is 9.89 Å². The van der Waals surface area contributed by atoms with Gasteiger partial charge >= 0.3 is 0 Å². The molecule has 1 aliphatic rings. The zero-order valence-electron chi connectivity index (χ0n) is 16.1. The molecule has 140 valence electrons. The van der Waals surface area contributed by atoms with E-state index in [1.54, 1.807) is 0 Å². The molecule has 25 heavy (non-hydrogen) atoms. The highest BCUT2D eigenvalue weighted by Gasteiger charge is 2.28. The number of nitrogens with zero attached hydrogens (tertiary/aromatic N) is 3. The maximum atomic E-state index is 5.45. The number of hydrogen-bond acceptors (Lipinski definition) is 4. The van der Waals surface area contributed by atoms with Crippen LogP contribution in [-0.4, -0.2) is 76.4 Å². The zero-order chi connectivity index (χ0) is 18.1. The summed E-state index contributed by atoms with van der Waals surface area (Å²) in [6.45, 7) is 10.8. The summed E-state index contributed by atoms with van der Waals surface area (Å²) in [4.78, 5) is 9.04. The van der Waals surface area contributed by atoms with Crippen LogP contribution >= 0.6 is 0 Å². The summed E-state index contributed by atoms with van der Waals surface area (Å²) < 4.78 is 5.45. The molecule has 2 rings (SSSR count). The van der Waals surface area contributed by atoms with Gasteiger partial charge < -0.3 is 20.3 Å². The van der Waals surface area contributed by atoms with E-state index in [0.717, 1.165) is 51.9 Å². The molecule has 0 atom stereocenters. The van der Waals surface area contributed by atoms with Crippen LogP contribution in [0.15, 0.2) is 35.3 Å². The van der Waals surface area contributed by atoms with Crippen molar-refractivity contribution in [2.75, 3.05) is 64.9 Å². The predicted molar refractivity (Wildman–Crippen MR) is 106 cm³/mol. The van der Waals surface area contributed by atoms with Crippen molar-refractivity contribution < 1.29 is 4.74 Å². The minimum Gasteiger partial charge on any atom is -0.379 e. The van der Waals surface area contributed by atoms with Gasteiger partial charge in [0, 0.05) is 58.0 Å². The summed E-state index contributed by atoms with van der Waals surface area (Å²) in [6, 6.07) is 10.4. The minimum atomic E-state index is 0.0717. The van der Waals surface area contributed by atoms with Crippen LogP contribution < -0.4 is 15.5 Å². The summed E-state index contributed by atoms with van der Waals surface area (Å²) in [5, 5.41) is 6.86. The lowest BCUT2D eigenvalue weighted by Crippen LogP contribution is -2.56. The van der Waals surface area contributed by atoms with Crippen molar-refractivity contribution in [3.63, 3.8) is 0 Å². The Kier molecular flexibility index (Phi) is 7.52. The molecule has 2 N–H and O–H groups in total. The van der Waals surface area contributed by atoms with Crippen LogP contribution in [0, 0.1) is 0 Å². The summed E-state index contributed by atoms with van der Waals surface area (Å²) in [7, 11) is 3.92. The second-order valence-corrected chi connectivity index (χ2v) is 7.02. The Morgan fingerprint density at radius 2 is 1.88 bits per heavy atom. The van der Waals surface area contributed by atoms with Gasteiger partial charge in [-0.2, -0.15) is 0 Å². The second-order valence-electron chi connectivity index (χ2n) is 7.02. The Morgan fingerprint density at radius 3 is 2.52 bits per heavy atom. The number of guanidine groups is 1. The van der Waals surface area contributed by atoms with E-state index in [1.165, 1.54) is 5.69 Å². The normalized spacial score (nSPS) is 16.6. The molecule has 0 spiro atoms. The van der Waals surface area contributed by atoms with Gasteiger partial charge in [-0.15, -0.1) is 0 Å². The van der Waals surface area contributed by atoms with Gasteiger partial charge in [0.25, 0.3) is 0 Å². The number of para-hydroxylation sites is 1. The number of ether oxygens (including phenoxy) is 1. The van der Waals surface area contributed by atoms with Gasteiger partial charge in [0.05, 0.1) is 13.2 Å². The number of rotatable bonds is 7. The van der Waals surface area contributed by atoms with Crippen LogP contribution in [0.25, 0.3) is 0 Å². The smallest absolute Gasteiger partial charge is 0.191 e. The first-order valence-corrected chi connectivity index (χ1v) is 9.06. The molecule has 0 saturated carbocycles. The third kappa shape index (κ3) is 6.21. The summed E-state index contributed by atoms with van der Waals surface area (Å²) >= 11 is 0. The molecule has 1 aliphatic heterocycles. The van der Waals surface area contributed by atoms with E-state index in [9.17, 15) is 0 Å². The first-order chi connectivity index (χ1) is 12.0. The molecule has 6 nitrogen and oxygen atoms in total. The van der Waals surface area contributed by atoms with Crippen LogP contribution in [0.2, 0.25) is 0 Å². The second kappa shape index (κ2) is 9.63. The van der Waals surface area contributed by atoms with E-state index in [2.05, 4.69) is 70.6 Å². The third-order valence-electron chi connectivity index (χ3n) is 4.72. The van der Waals surface area contributed by atoms with E-state index in [0.29, 0.717) is 0 Å². The van der Waals surface area contributed by atoms with Gasteiger partial charge in [-0.25, -0.2) is 0 Å². The quantitative estimate of drug-likeness (QED) is 0.577. The first-order valence-electron chi connectivity index (χ1n) is 9.06. The fourth-order valence-corrected chi connectivity index (χ4v) is 2.95. The van der Waals surface area contributed by atoms with E-state index >= 15 is 0 Å². The number of likely N-dealkylation sites (N-methyl/N-ethyl adjacent to an activating group) is 1. The Labute approximate surface area is 152 Å². The average Bonchev–Trinajstić information content (AvgIpc) is 2.65. The third-order valence-corrected chi connectivity index (χ3v) is 4.72. The Morgan fingerprint density at radius 1 is 1.20 bits per heavy atom. The number of benzene rings is 1. The van der Waals surface area contributed by atoms with E-state index in [4.69, 9.17) is 4.74 Å². The molecule has 0 aromatic heterocycles. The lowest BCUT2D eigenvalue weighted by Gasteiger charge is -2.41. The molecule has 1 fully saturated rings. The fourth-order valence-electron chi connectivity index (χ4n) is 2.95. The van der Waals surface area contributed by atoms with Crippen molar-refractivity contribution in [2.24, 2.45) is 4.99 Å². The summed E-state index contributed by atoms with van der Waals surface area (Å²) in [5.41, 5.74) is 1.29. The molecule has 0 unspecified atom stereocenters. The molecule has 0 aliphatic carbocycles. The number of nitrogens with one attached hydrogen (secondary N) is 2. The maximum Gasteiger partial charge on any atom is 0.191 e. The van der Waals surface area contributed by atoms with Crippen LogP contribution in [-0.2, 0) is 4.74 Å². The number of anilines is 1. The van der Waals surface area contributed by atoms with Gasteiger partial charge in [0.15, 0.2) is 5.96 Å². The number of aliphatic imine (C=N–C) groups is 1. The summed E-state index contributed by atoms with van der Waals surface area (Å²) in [5.74, 6) is 0.850. The van der Waals surface area contributed by atoms with Crippen LogP contribution in [0.1, 0.15) is 13.8 Å². The summed E-state index contributed by atoms with van der Waals surface area (Å²) in [6.07, 6.45) is 0. The van der Waals surface area contributed by atoms with Crippen molar-refractivity contribution in [3.8, 4) is 0 Å². The maximum absolute atomic E-state index is 5.45. The van der Waals surface area contributed by atoms with Crippen LogP contribution in [0.3, 0.4) is 0 Å². The van der Waals surface area contributed by atoms with Gasteiger partial charge in [-0.1, -0.05) is 18.2 Å². The standard InChI is InChI=1S/C19H33N5O/c1-19(2,24-12-14-25-15-13-24)16-22-18(20-3)21-10-11-23(4)17-8-6-5-7-9-17/h5-9H,10-16H2,1-4H3,(H2,20,21,22). The molecule has 0 amide bonds. The average molecular weight is 348 g/mol. The molecular formula is C19H33N5O. The monoisotopic (exact) mass is 347 g/mol. The fraction of sp³-hybridized carbons (Fsp3) is 0.632. The Hall–Kier alpha value is -1.79. The highest BCUT2D eigenvalue weighted by atomic mass is 16.5. The van der Waals surface area contributed by atoms with E-state index < -0.39 is 0 Å². The van der Waals surface area contributed by atoms with Crippen molar-refractivity contribution in [2.45, 2.75) is 19.4 Å². The highest BCUT2D eigenvalue weighted by Crippen LogP contribution is 2.15. The van der Waals surface area contributed by atoms with Crippen molar-refractivity contribution in [1.29, 1.82) is 0 Å².